The van der Waals surface area contributed by atoms with E-state index in [0.29, 0.717) is 0 Å². The van der Waals surface area contributed by atoms with Crippen molar-refractivity contribution in [1.29, 1.82) is 0 Å². The molecule has 0 atom stereocenters. The van der Waals surface area contributed by atoms with E-state index in [1.807, 2.05) is 13.8 Å². The van der Waals surface area contributed by atoms with E-state index in [-0.39, 0.29) is 0 Å². The third-order valence-electron chi connectivity index (χ3n) is 3.98. The summed E-state index contributed by atoms with van der Waals surface area (Å²) in [4.78, 5) is 0. The van der Waals surface area contributed by atoms with Gasteiger partial charge in [0, 0.05) is 27.8 Å². The van der Waals surface area contributed by atoms with Gasteiger partial charge in [0.15, 0.2) is 0 Å². The maximum atomic E-state index is 4.27. The third-order valence-corrected chi connectivity index (χ3v) is 3.98. The smallest absolute Gasteiger partial charge is 0.0696 e. The number of rotatable bonds is 1. The maximum Gasteiger partial charge on any atom is 0.0696 e. The van der Waals surface area contributed by atoms with Gasteiger partial charge in [-0.25, -0.2) is 0 Å². The fourth-order valence-corrected chi connectivity index (χ4v) is 3.13. The van der Waals surface area contributed by atoms with Gasteiger partial charge in [-0.2, -0.15) is 10.2 Å². The first-order valence-electron chi connectivity index (χ1n) is 6.89. The Kier molecular flexibility index (Phi) is 2.85. The fraction of sp³-hybridized carbons (Fsp3) is 0.294. The quantitative estimate of drug-likeness (QED) is 0.666. The average Bonchev–Trinajstić information content (AvgIpc) is 2.67. The summed E-state index contributed by atoms with van der Waals surface area (Å²) in [6.07, 6.45) is 0. The van der Waals surface area contributed by atoms with Crippen LogP contribution in [0.3, 0.4) is 0 Å². The van der Waals surface area contributed by atoms with Gasteiger partial charge in [-0.1, -0.05) is 12.1 Å². The summed E-state index contributed by atoms with van der Waals surface area (Å²) in [7, 11) is 0. The Balaban J connectivity index is 2.44. The molecule has 1 aromatic carbocycles. The normalized spacial score (nSPS) is 11.2. The molecule has 0 radical (unpaired) electrons. The Hall–Kier alpha value is -2.16. The lowest BCUT2D eigenvalue weighted by molar-refractivity contribution is 0.964. The van der Waals surface area contributed by atoms with Crippen molar-refractivity contribution in [3.05, 3.63) is 52.6 Å². The van der Waals surface area contributed by atoms with E-state index in [2.05, 4.69) is 59.8 Å². The molecule has 20 heavy (non-hydrogen) atoms. The lowest BCUT2D eigenvalue weighted by Crippen LogP contribution is -1.99. The molecule has 0 saturated heterocycles. The Morgan fingerprint density at radius 2 is 1.35 bits per heavy atom. The lowest BCUT2D eigenvalue weighted by atomic mass is 10.1. The van der Waals surface area contributed by atoms with Crippen molar-refractivity contribution < 1.29 is 0 Å². The summed E-state index contributed by atoms with van der Waals surface area (Å²) < 4.78 is 2.31. The fourth-order valence-electron chi connectivity index (χ4n) is 3.13. The topological polar surface area (TPSA) is 30.7 Å². The van der Waals surface area contributed by atoms with Crippen LogP contribution in [0.2, 0.25) is 0 Å². The predicted octanol–water partition coefficient (Wildman–Crippen LogP) is 3.96. The Morgan fingerprint density at radius 3 is 1.85 bits per heavy atom. The first-order valence-corrected chi connectivity index (χ1v) is 6.89. The maximum absolute atomic E-state index is 4.27. The molecule has 102 valence electrons. The second-order valence-corrected chi connectivity index (χ2v) is 5.47. The minimum atomic E-state index is 0.998. The third kappa shape index (κ3) is 1.73. The predicted molar refractivity (Wildman–Crippen MR) is 82.6 cm³/mol. The SMILES string of the molecule is Cc1cccc(-n2c(C)c3c(C)nnc(C)c3c2C)c1. The van der Waals surface area contributed by atoms with Gasteiger partial charge in [0.2, 0.25) is 0 Å². The molecule has 0 spiro atoms. The molecule has 3 heteroatoms. The van der Waals surface area contributed by atoms with Crippen LogP contribution in [-0.4, -0.2) is 14.8 Å². The highest BCUT2D eigenvalue weighted by atomic mass is 15.1. The molecule has 0 saturated carbocycles. The van der Waals surface area contributed by atoms with Crippen LogP contribution in [0, 0.1) is 34.6 Å². The molecule has 0 aliphatic rings. The van der Waals surface area contributed by atoms with Gasteiger partial charge in [0.25, 0.3) is 0 Å². The largest absolute Gasteiger partial charge is 0.317 e. The van der Waals surface area contributed by atoms with Crippen molar-refractivity contribution in [3.63, 3.8) is 0 Å². The summed E-state index contributed by atoms with van der Waals surface area (Å²) in [5, 5.41) is 11.0. The van der Waals surface area contributed by atoms with E-state index in [1.165, 1.54) is 33.4 Å². The van der Waals surface area contributed by atoms with Crippen LogP contribution in [-0.2, 0) is 0 Å². The van der Waals surface area contributed by atoms with Crippen LogP contribution in [0.25, 0.3) is 16.5 Å². The molecule has 0 aliphatic carbocycles. The monoisotopic (exact) mass is 265 g/mol. The summed E-state index contributed by atoms with van der Waals surface area (Å²) in [6, 6.07) is 8.59. The molecular formula is C17H19N3. The molecular weight excluding hydrogens is 246 g/mol. The van der Waals surface area contributed by atoms with Crippen molar-refractivity contribution >= 4 is 10.8 Å². The highest BCUT2D eigenvalue weighted by Crippen LogP contribution is 2.31. The number of aromatic nitrogens is 3. The van der Waals surface area contributed by atoms with Crippen LogP contribution in [0.5, 0.6) is 0 Å². The molecule has 0 amide bonds. The minimum absolute atomic E-state index is 0.998. The number of benzene rings is 1. The summed E-state index contributed by atoms with van der Waals surface area (Å²) in [6.45, 7) is 10.5. The standard InChI is InChI=1S/C17H19N3/c1-10-7-6-8-15(9-10)20-13(4)16-11(2)18-19-12(3)17(16)14(20)5/h6-9H,1-5H3. The number of hydrogen-bond acceptors (Lipinski definition) is 2. The molecule has 2 aromatic heterocycles. The number of aryl methyl sites for hydroxylation is 5. The zero-order valence-electron chi connectivity index (χ0n) is 12.7. The minimum Gasteiger partial charge on any atom is -0.317 e. The Morgan fingerprint density at radius 1 is 0.800 bits per heavy atom. The van der Waals surface area contributed by atoms with E-state index in [9.17, 15) is 0 Å². The van der Waals surface area contributed by atoms with E-state index in [1.54, 1.807) is 0 Å². The first-order chi connectivity index (χ1) is 9.50. The molecule has 0 fully saturated rings. The Labute approximate surface area is 119 Å². The van der Waals surface area contributed by atoms with E-state index >= 15 is 0 Å². The van der Waals surface area contributed by atoms with Crippen LogP contribution in [0.4, 0.5) is 0 Å². The molecule has 0 unspecified atom stereocenters. The summed E-state index contributed by atoms with van der Waals surface area (Å²) in [5.41, 5.74) is 6.94. The van der Waals surface area contributed by atoms with Crippen molar-refractivity contribution in [2.75, 3.05) is 0 Å². The molecule has 2 heterocycles. The van der Waals surface area contributed by atoms with Crippen molar-refractivity contribution in [2.24, 2.45) is 0 Å². The van der Waals surface area contributed by atoms with Gasteiger partial charge in [-0.15, -0.1) is 0 Å². The van der Waals surface area contributed by atoms with Gasteiger partial charge in [0.1, 0.15) is 0 Å². The van der Waals surface area contributed by atoms with Gasteiger partial charge in [-0.3, -0.25) is 0 Å². The molecule has 0 N–H and O–H groups in total. The van der Waals surface area contributed by atoms with Gasteiger partial charge in [0.05, 0.1) is 11.4 Å². The van der Waals surface area contributed by atoms with Gasteiger partial charge < -0.3 is 4.57 Å². The molecule has 0 bridgehead atoms. The summed E-state index contributed by atoms with van der Waals surface area (Å²) >= 11 is 0. The van der Waals surface area contributed by atoms with Crippen LogP contribution in [0.1, 0.15) is 28.3 Å². The van der Waals surface area contributed by atoms with E-state index < -0.39 is 0 Å². The van der Waals surface area contributed by atoms with Crippen molar-refractivity contribution in [1.82, 2.24) is 14.8 Å². The first kappa shape index (κ1) is 12.9. The van der Waals surface area contributed by atoms with Crippen LogP contribution in [0.15, 0.2) is 24.3 Å². The lowest BCUT2D eigenvalue weighted by Gasteiger charge is -2.10. The molecule has 3 aromatic rings. The van der Waals surface area contributed by atoms with Gasteiger partial charge in [-0.05, 0) is 52.3 Å². The van der Waals surface area contributed by atoms with Crippen LogP contribution < -0.4 is 0 Å². The molecule has 0 aliphatic heterocycles. The second kappa shape index (κ2) is 4.44. The molecule has 3 nitrogen and oxygen atoms in total. The number of fused-ring (bicyclic) bond motifs is 1. The highest BCUT2D eigenvalue weighted by molar-refractivity contribution is 5.92. The molecule has 3 rings (SSSR count). The average molecular weight is 265 g/mol. The van der Waals surface area contributed by atoms with E-state index in [4.69, 9.17) is 0 Å². The zero-order valence-corrected chi connectivity index (χ0v) is 12.7. The second-order valence-electron chi connectivity index (χ2n) is 5.47. The van der Waals surface area contributed by atoms with E-state index in [0.717, 1.165) is 11.4 Å². The van der Waals surface area contributed by atoms with Crippen molar-refractivity contribution in [3.8, 4) is 5.69 Å². The van der Waals surface area contributed by atoms with Crippen LogP contribution >= 0.6 is 0 Å². The highest BCUT2D eigenvalue weighted by Gasteiger charge is 2.17. The number of nitrogens with zero attached hydrogens (tertiary/aromatic N) is 3. The van der Waals surface area contributed by atoms with Crippen molar-refractivity contribution in [2.45, 2.75) is 34.6 Å². The van der Waals surface area contributed by atoms with Gasteiger partial charge >= 0.3 is 0 Å². The Bertz CT molecular complexity index is 768. The zero-order chi connectivity index (χ0) is 14.4. The number of hydrogen-bond donors (Lipinski definition) is 0. The summed E-state index contributed by atoms with van der Waals surface area (Å²) in [5.74, 6) is 0.